The summed E-state index contributed by atoms with van der Waals surface area (Å²) in [7, 11) is 0. The Kier molecular flexibility index (Phi) is 6.98. The number of halogens is 1. The van der Waals surface area contributed by atoms with Gasteiger partial charge in [-0.1, -0.05) is 18.9 Å². The lowest BCUT2D eigenvalue weighted by atomic mass is 9.90. The molecule has 9 heteroatoms. The molecule has 5 rings (SSSR count). The summed E-state index contributed by atoms with van der Waals surface area (Å²) in [5.74, 6) is -1.98. The third-order valence-electron chi connectivity index (χ3n) is 7.81. The molecule has 8 nitrogen and oxygen atoms in total. The third-order valence-corrected chi connectivity index (χ3v) is 7.81. The van der Waals surface area contributed by atoms with Gasteiger partial charge in [0.2, 0.25) is 5.78 Å². The summed E-state index contributed by atoms with van der Waals surface area (Å²) in [6.07, 6.45) is 7.40. The molecule has 0 unspecified atom stereocenters. The molecule has 36 heavy (non-hydrogen) atoms. The Labute approximate surface area is 208 Å². The maximum atomic E-state index is 14.7. The quantitative estimate of drug-likeness (QED) is 0.643. The van der Waals surface area contributed by atoms with Crippen LogP contribution in [0.1, 0.15) is 71.3 Å². The van der Waals surface area contributed by atoms with Gasteiger partial charge in [0, 0.05) is 44.1 Å². The fourth-order valence-electron chi connectivity index (χ4n) is 5.71. The SMILES string of the molecule is O=C(C(=O)N1CCN(C(=O)c2cc(Cc3n[nH]c(=O)c4c3CCCC4)ccc2F)CC1)C1CCCC1. The van der Waals surface area contributed by atoms with E-state index >= 15 is 0 Å². The van der Waals surface area contributed by atoms with E-state index in [1.807, 2.05) is 0 Å². The fraction of sp³-hybridized carbons (Fsp3) is 0.519. The van der Waals surface area contributed by atoms with E-state index in [-0.39, 0.29) is 49.0 Å². The van der Waals surface area contributed by atoms with Crippen LogP contribution in [0.5, 0.6) is 0 Å². The number of aromatic amines is 1. The number of fused-ring (bicyclic) bond motifs is 1. The van der Waals surface area contributed by atoms with Gasteiger partial charge in [-0.3, -0.25) is 19.2 Å². The number of nitrogens with zero attached hydrogens (tertiary/aromatic N) is 3. The minimum atomic E-state index is -0.602. The maximum absolute atomic E-state index is 14.7. The molecule has 1 aromatic heterocycles. The van der Waals surface area contributed by atoms with Crippen LogP contribution >= 0.6 is 0 Å². The van der Waals surface area contributed by atoms with Gasteiger partial charge in [-0.2, -0.15) is 5.10 Å². The fourth-order valence-corrected chi connectivity index (χ4v) is 5.71. The molecular weight excluding hydrogens is 463 g/mol. The van der Waals surface area contributed by atoms with Gasteiger partial charge in [-0.15, -0.1) is 0 Å². The average Bonchev–Trinajstić information content (AvgIpc) is 3.45. The normalized spacial score (nSPS) is 18.2. The molecule has 2 amide bonds. The number of carbonyl (C=O) groups is 3. The van der Waals surface area contributed by atoms with Crippen LogP contribution in [0.25, 0.3) is 0 Å². The Hall–Kier alpha value is -3.36. The zero-order chi connectivity index (χ0) is 25.2. The summed E-state index contributed by atoms with van der Waals surface area (Å²) in [5.41, 5.74) is 3.08. The zero-order valence-corrected chi connectivity index (χ0v) is 20.4. The number of carbonyl (C=O) groups excluding carboxylic acids is 3. The molecule has 1 aliphatic heterocycles. The van der Waals surface area contributed by atoms with Crippen molar-refractivity contribution < 1.29 is 18.8 Å². The first kappa shape index (κ1) is 24.3. The summed E-state index contributed by atoms with van der Waals surface area (Å²) in [4.78, 5) is 53.5. The molecule has 0 atom stereocenters. The van der Waals surface area contributed by atoms with E-state index in [1.165, 1.54) is 15.9 Å². The van der Waals surface area contributed by atoms with Gasteiger partial charge in [0.1, 0.15) is 5.82 Å². The number of piperazine rings is 1. The predicted molar refractivity (Wildman–Crippen MR) is 130 cm³/mol. The van der Waals surface area contributed by atoms with Crippen LogP contribution in [0.3, 0.4) is 0 Å². The summed E-state index contributed by atoms with van der Waals surface area (Å²) < 4.78 is 14.7. The smallest absolute Gasteiger partial charge is 0.290 e. The maximum Gasteiger partial charge on any atom is 0.290 e. The van der Waals surface area contributed by atoms with Crippen LogP contribution in [0, 0.1) is 11.7 Å². The van der Waals surface area contributed by atoms with Crippen LogP contribution in [0.4, 0.5) is 4.39 Å². The molecule has 190 valence electrons. The van der Waals surface area contributed by atoms with E-state index in [2.05, 4.69) is 10.2 Å². The molecule has 2 fully saturated rings. The van der Waals surface area contributed by atoms with Crippen molar-refractivity contribution in [1.29, 1.82) is 0 Å². The number of hydrogen-bond donors (Lipinski definition) is 1. The number of rotatable bonds is 5. The first-order chi connectivity index (χ1) is 17.4. The second-order valence-electron chi connectivity index (χ2n) is 10.1. The Balaban J connectivity index is 1.26. The highest BCUT2D eigenvalue weighted by Gasteiger charge is 2.34. The summed E-state index contributed by atoms with van der Waals surface area (Å²) in [5, 5.41) is 6.83. The van der Waals surface area contributed by atoms with Crippen molar-refractivity contribution >= 4 is 17.6 Å². The Morgan fingerprint density at radius 1 is 0.944 bits per heavy atom. The van der Waals surface area contributed by atoms with Crippen molar-refractivity contribution in [1.82, 2.24) is 20.0 Å². The van der Waals surface area contributed by atoms with E-state index < -0.39 is 17.6 Å². The molecule has 0 spiro atoms. The minimum Gasteiger partial charge on any atom is -0.335 e. The zero-order valence-electron chi connectivity index (χ0n) is 20.4. The standard InChI is InChI=1S/C27H31FN4O4/c28-22-10-9-17(16-23-19-7-3-4-8-20(19)25(34)30-29-23)15-21(22)26(35)31-11-13-32(14-12-31)27(36)24(33)18-5-1-2-6-18/h9-10,15,18H,1-8,11-14,16H2,(H,30,34). The van der Waals surface area contributed by atoms with Gasteiger partial charge >= 0.3 is 0 Å². The topological polar surface area (TPSA) is 103 Å². The highest BCUT2D eigenvalue weighted by molar-refractivity contribution is 6.36. The van der Waals surface area contributed by atoms with Crippen LogP contribution in [-0.4, -0.2) is 63.8 Å². The predicted octanol–water partition coefficient (Wildman–Crippen LogP) is 2.42. The van der Waals surface area contributed by atoms with Gasteiger partial charge in [0.15, 0.2) is 0 Å². The molecule has 3 aliphatic rings. The lowest BCUT2D eigenvalue weighted by Crippen LogP contribution is -2.52. The summed E-state index contributed by atoms with van der Waals surface area (Å²) in [6, 6.07) is 4.49. The second-order valence-corrected chi connectivity index (χ2v) is 10.1. The Morgan fingerprint density at radius 2 is 1.61 bits per heavy atom. The van der Waals surface area contributed by atoms with Crippen LogP contribution in [-0.2, 0) is 28.9 Å². The van der Waals surface area contributed by atoms with Crippen molar-refractivity contribution in [3.8, 4) is 0 Å². The Morgan fingerprint density at radius 3 is 2.33 bits per heavy atom. The minimum absolute atomic E-state index is 0.0207. The molecule has 0 radical (unpaired) electrons. The van der Waals surface area contributed by atoms with Gasteiger partial charge in [-0.05, 0) is 61.8 Å². The number of H-pyrrole nitrogens is 1. The van der Waals surface area contributed by atoms with Crippen molar-refractivity contribution in [2.24, 2.45) is 5.92 Å². The molecule has 2 aromatic rings. The van der Waals surface area contributed by atoms with E-state index in [0.29, 0.717) is 6.42 Å². The first-order valence-corrected chi connectivity index (χ1v) is 12.9. The molecule has 1 N–H and O–H groups in total. The van der Waals surface area contributed by atoms with Gasteiger partial charge in [0.25, 0.3) is 17.4 Å². The monoisotopic (exact) mass is 494 g/mol. The molecular formula is C27H31FN4O4. The van der Waals surface area contributed by atoms with Crippen molar-refractivity contribution in [2.75, 3.05) is 26.2 Å². The molecule has 0 bridgehead atoms. The molecule has 2 aliphatic carbocycles. The van der Waals surface area contributed by atoms with E-state index in [0.717, 1.165) is 73.8 Å². The van der Waals surface area contributed by atoms with Crippen LogP contribution in [0.2, 0.25) is 0 Å². The molecule has 1 saturated heterocycles. The lowest BCUT2D eigenvalue weighted by molar-refractivity contribution is -0.147. The van der Waals surface area contributed by atoms with E-state index in [9.17, 15) is 23.6 Å². The summed E-state index contributed by atoms with van der Waals surface area (Å²) in [6.45, 7) is 1.03. The molecule has 1 aromatic carbocycles. The van der Waals surface area contributed by atoms with Gasteiger partial charge in [0.05, 0.1) is 11.3 Å². The number of amides is 2. The van der Waals surface area contributed by atoms with Gasteiger partial charge in [-0.25, -0.2) is 9.49 Å². The number of hydrogen-bond acceptors (Lipinski definition) is 5. The van der Waals surface area contributed by atoms with Crippen molar-refractivity contribution in [3.05, 3.63) is 62.3 Å². The van der Waals surface area contributed by atoms with Gasteiger partial charge < -0.3 is 9.80 Å². The van der Waals surface area contributed by atoms with Crippen molar-refractivity contribution in [3.63, 3.8) is 0 Å². The van der Waals surface area contributed by atoms with Crippen LogP contribution in [0.15, 0.2) is 23.0 Å². The number of nitrogens with one attached hydrogen (secondary N) is 1. The van der Waals surface area contributed by atoms with Crippen LogP contribution < -0.4 is 5.56 Å². The average molecular weight is 495 g/mol. The van der Waals surface area contributed by atoms with E-state index in [4.69, 9.17) is 0 Å². The second kappa shape index (κ2) is 10.3. The number of benzene rings is 1. The largest absolute Gasteiger partial charge is 0.335 e. The number of aromatic nitrogens is 2. The molecule has 2 heterocycles. The number of Topliss-reactive ketones (excluding diaryl/α,β-unsaturated/α-hetero) is 1. The highest BCUT2D eigenvalue weighted by atomic mass is 19.1. The third kappa shape index (κ3) is 4.83. The lowest BCUT2D eigenvalue weighted by Gasteiger charge is -2.35. The van der Waals surface area contributed by atoms with Crippen molar-refractivity contribution in [2.45, 2.75) is 57.8 Å². The van der Waals surface area contributed by atoms with E-state index in [1.54, 1.807) is 12.1 Å². The highest BCUT2D eigenvalue weighted by Crippen LogP contribution is 2.27. The molecule has 1 saturated carbocycles. The first-order valence-electron chi connectivity index (χ1n) is 12.9. The summed E-state index contributed by atoms with van der Waals surface area (Å²) >= 11 is 0. The Bertz CT molecular complexity index is 1240. The number of ketones is 1.